The summed E-state index contributed by atoms with van der Waals surface area (Å²) in [6.45, 7) is -0.193. The summed E-state index contributed by atoms with van der Waals surface area (Å²) in [5.74, 6) is -1.22. The first kappa shape index (κ1) is 13.7. The number of ether oxygens (including phenoxy) is 1. The number of carboxylic acid groups (broad SMARTS) is 1. The lowest BCUT2D eigenvalue weighted by Crippen LogP contribution is -2.23. The minimum absolute atomic E-state index is 0.0938. The van der Waals surface area contributed by atoms with Crippen LogP contribution in [0, 0.1) is 0 Å². The molecule has 0 N–H and O–H groups in total. The number of rotatable bonds is 5. The Kier molecular flexibility index (Phi) is 4.28. The van der Waals surface area contributed by atoms with Crippen LogP contribution in [0.15, 0.2) is 34.1 Å². The lowest BCUT2D eigenvalue weighted by atomic mass is 10.3. The second-order valence-corrected chi connectivity index (χ2v) is 5.26. The molecule has 0 aliphatic heterocycles. The van der Waals surface area contributed by atoms with Crippen molar-refractivity contribution in [2.24, 2.45) is 0 Å². The van der Waals surface area contributed by atoms with Crippen LogP contribution in [0.3, 0.4) is 0 Å². The summed E-state index contributed by atoms with van der Waals surface area (Å²) in [6.07, 6.45) is 0. The normalized spacial score (nSPS) is 10.2. The quantitative estimate of drug-likeness (QED) is 0.771. The molecule has 0 amide bonds. The number of hydrogen-bond acceptors (Lipinski definition) is 6. The van der Waals surface area contributed by atoms with Gasteiger partial charge < -0.3 is 14.6 Å². The van der Waals surface area contributed by atoms with Crippen molar-refractivity contribution in [3.8, 4) is 5.75 Å². The summed E-state index contributed by atoms with van der Waals surface area (Å²) in [7, 11) is 0. The van der Waals surface area contributed by atoms with E-state index in [0.29, 0.717) is 5.75 Å². The van der Waals surface area contributed by atoms with Crippen LogP contribution in [-0.2, 0) is 0 Å². The Morgan fingerprint density at radius 3 is 2.58 bits per heavy atom. The Bertz CT molecular complexity index is 608. The van der Waals surface area contributed by atoms with E-state index in [4.69, 9.17) is 4.74 Å². The van der Waals surface area contributed by atoms with Crippen LogP contribution >= 0.6 is 27.3 Å². The highest BCUT2D eigenvalue weighted by molar-refractivity contribution is 9.10. The average Bonchev–Trinajstić information content (AvgIpc) is 2.87. The van der Waals surface area contributed by atoms with E-state index < -0.39 is 5.97 Å². The standard InChI is InChI=1S/C12H8BrNO4S/c13-7-1-3-8(4-2-7)18-5-10(15)11-14-9(6-19-11)12(16)17/h1-4,6H,5H2,(H,16,17)/p-1. The Balaban J connectivity index is 1.97. The van der Waals surface area contributed by atoms with E-state index in [1.165, 1.54) is 5.38 Å². The SMILES string of the molecule is O=C([O-])c1csc(C(=O)COc2ccc(Br)cc2)n1. The molecule has 0 saturated carbocycles. The minimum atomic E-state index is -1.40. The highest BCUT2D eigenvalue weighted by Crippen LogP contribution is 2.17. The average molecular weight is 341 g/mol. The largest absolute Gasteiger partial charge is 0.543 e. The topological polar surface area (TPSA) is 79.3 Å². The number of aromatic nitrogens is 1. The zero-order valence-electron chi connectivity index (χ0n) is 9.46. The Morgan fingerprint density at radius 1 is 1.32 bits per heavy atom. The van der Waals surface area contributed by atoms with E-state index in [2.05, 4.69) is 20.9 Å². The molecule has 0 fully saturated rings. The number of ketones is 1. The monoisotopic (exact) mass is 340 g/mol. The molecule has 0 aliphatic rings. The van der Waals surface area contributed by atoms with Crippen molar-refractivity contribution in [1.82, 2.24) is 4.98 Å². The second-order valence-electron chi connectivity index (χ2n) is 3.49. The van der Waals surface area contributed by atoms with Crippen LogP contribution in [0.2, 0.25) is 0 Å². The van der Waals surface area contributed by atoms with Gasteiger partial charge in [-0.15, -0.1) is 11.3 Å². The third-order valence-corrected chi connectivity index (χ3v) is 3.55. The van der Waals surface area contributed by atoms with Gasteiger partial charge in [0, 0.05) is 9.85 Å². The number of carbonyl (C=O) groups excluding carboxylic acids is 2. The van der Waals surface area contributed by atoms with Crippen molar-refractivity contribution >= 4 is 39.0 Å². The summed E-state index contributed by atoms with van der Waals surface area (Å²) in [6, 6.07) is 7.01. The number of thiazole rings is 1. The third-order valence-electron chi connectivity index (χ3n) is 2.14. The third kappa shape index (κ3) is 3.62. The van der Waals surface area contributed by atoms with Crippen molar-refractivity contribution in [3.05, 3.63) is 44.8 Å². The predicted octanol–water partition coefficient (Wildman–Crippen LogP) is 1.53. The van der Waals surface area contributed by atoms with Gasteiger partial charge in [0.25, 0.3) is 0 Å². The Morgan fingerprint density at radius 2 is 2.00 bits per heavy atom. The number of aromatic carboxylic acids is 1. The summed E-state index contributed by atoms with van der Waals surface area (Å²) >= 11 is 4.24. The molecule has 0 unspecified atom stereocenters. The number of hydrogen-bond donors (Lipinski definition) is 0. The lowest BCUT2D eigenvalue weighted by Gasteiger charge is -2.03. The van der Waals surface area contributed by atoms with E-state index in [1.807, 2.05) is 0 Å². The first-order chi connectivity index (χ1) is 9.06. The fourth-order valence-electron chi connectivity index (χ4n) is 1.24. The highest BCUT2D eigenvalue weighted by atomic mass is 79.9. The number of benzene rings is 1. The summed E-state index contributed by atoms with van der Waals surface area (Å²) in [4.78, 5) is 25.9. The van der Waals surface area contributed by atoms with Crippen molar-refractivity contribution in [3.63, 3.8) is 0 Å². The molecule has 0 spiro atoms. The number of Topliss-reactive ketones (excluding diaryl/α,β-unsaturated/α-hetero) is 1. The zero-order valence-corrected chi connectivity index (χ0v) is 11.9. The van der Waals surface area contributed by atoms with Gasteiger partial charge in [0.05, 0.1) is 11.7 Å². The molecule has 1 aromatic heterocycles. The molecule has 2 aromatic rings. The van der Waals surface area contributed by atoms with Gasteiger partial charge in [0.15, 0.2) is 11.6 Å². The van der Waals surface area contributed by atoms with Crippen LogP contribution < -0.4 is 9.84 Å². The van der Waals surface area contributed by atoms with Crippen molar-refractivity contribution in [1.29, 1.82) is 0 Å². The van der Waals surface area contributed by atoms with Gasteiger partial charge in [0.1, 0.15) is 5.75 Å². The summed E-state index contributed by atoms with van der Waals surface area (Å²) in [5, 5.41) is 11.9. The smallest absolute Gasteiger partial charge is 0.228 e. The van der Waals surface area contributed by atoms with E-state index in [1.54, 1.807) is 24.3 Å². The molecule has 7 heteroatoms. The van der Waals surface area contributed by atoms with Gasteiger partial charge in [-0.05, 0) is 24.3 Å². The van der Waals surface area contributed by atoms with Gasteiger partial charge in [-0.1, -0.05) is 15.9 Å². The van der Waals surface area contributed by atoms with Crippen LogP contribution in [0.5, 0.6) is 5.75 Å². The molecule has 0 radical (unpaired) electrons. The van der Waals surface area contributed by atoms with Crippen molar-refractivity contribution in [2.75, 3.05) is 6.61 Å². The van der Waals surface area contributed by atoms with Crippen LogP contribution in [-0.4, -0.2) is 23.3 Å². The molecular weight excluding hydrogens is 334 g/mol. The van der Waals surface area contributed by atoms with E-state index in [0.717, 1.165) is 15.8 Å². The minimum Gasteiger partial charge on any atom is -0.543 e. The molecule has 0 bridgehead atoms. The van der Waals surface area contributed by atoms with E-state index >= 15 is 0 Å². The van der Waals surface area contributed by atoms with Crippen LogP contribution in [0.1, 0.15) is 20.3 Å². The first-order valence-electron chi connectivity index (χ1n) is 5.14. The highest BCUT2D eigenvalue weighted by Gasteiger charge is 2.12. The van der Waals surface area contributed by atoms with Gasteiger partial charge in [0.2, 0.25) is 5.78 Å². The molecule has 1 heterocycles. The van der Waals surface area contributed by atoms with E-state index in [-0.39, 0.29) is 23.1 Å². The molecule has 2 rings (SSSR count). The number of carboxylic acids is 1. The fraction of sp³-hybridized carbons (Fsp3) is 0.0833. The molecule has 0 atom stereocenters. The number of halogens is 1. The predicted molar refractivity (Wildman–Crippen MR) is 70.4 cm³/mol. The zero-order chi connectivity index (χ0) is 13.8. The van der Waals surface area contributed by atoms with Gasteiger partial charge in [-0.3, -0.25) is 4.79 Å². The fourth-order valence-corrected chi connectivity index (χ4v) is 2.21. The van der Waals surface area contributed by atoms with Gasteiger partial charge >= 0.3 is 0 Å². The van der Waals surface area contributed by atoms with Gasteiger partial charge in [-0.2, -0.15) is 0 Å². The van der Waals surface area contributed by atoms with Crippen LogP contribution in [0.4, 0.5) is 0 Å². The molecule has 0 aliphatic carbocycles. The Labute approximate surface area is 121 Å². The van der Waals surface area contributed by atoms with E-state index in [9.17, 15) is 14.7 Å². The Hall–Kier alpha value is -1.73. The number of nitrogens with zero attached hydrogens (tertiary/aromatic N) is 1. The first-order valence-corrected chi connectivity index (χ1v) is 6.82. The molecule has 19 heavy (non-hydrogen) atoms. The maximum absolute atomic E-state index is 11.7. The van der Waals surface area contributed by atoms with Crippen LogP contribution in [0.25, 0.3) is 0 Å². The van der Waals surface area contributed by atoms with Crippen molar-refractivity contribution < 1.29 is 19.4 Å². The molecule has 1 aromatic carbocycles. The van der Waals surface area contributed by atoms with Gasteiger partial charge in [-0.25, -0.2) is 4.98 Å². The molecular formula is C12H7BrNO4S-. The second kappa shape index (κ2) is 5.94. The maximum Gasteiger partial charge on any atom is 0.228 e. The lowest BCUT2D eigenvalue weighted by molar-refractivity contribution is -0.255. The maximum atomic E-state index is 11.7. The summed E-state index contributed by atoms with van der Waals surface area (Å²) < 4.78 is 6.19. The number of carbonyl (C=O) groups is 2. The van der Waals surface area contributed by atoms with Crippen molar-refractivity contribution in [2.45, 2.75) is 0 Å². The molecule has 98 valence electrons. The summed E-state index contributed by atoms with van der Waals surface area (Å²) in [5.41, 5.74) is -0.239. The molecule has 0 saturated heterocycles. The molecule has 5 nitrogen and oxygen atoms in total.